The molecule has 0 unspecified atom stereocenters. The highest BCUT2D eigenvalue weighted by Gasteiger charge is 2.34. The van der Waals surface area contributed by atoms with E-state index in [0.717, 1.165) is 18.9 Å². The highest BCUT2D eigenvalue weighted by atomic mass is 19.4. The number of aryl methyl sites for hydroxylation is 1. The van der Waals surface area contributed by atoms with Gasteiger partial charge in [0.25, 0.3) is 0 Å². The third-order valence-electron chi connectivity index (χ3n) is 5.64. The minimum atomic E-state index is -4.60. The lowest BCUT2D eigenvalue weighted by molar-refractivity contribution is -0.138. The second-order valence-corrected chi connectivity index (χ2v) is 8.01. The highest BCUT2D eigenvalue weighted by Crippen LogP contribution is 2.34. The molecule has 0 bridgehead atoms. The van der Waals surface area contributed by atoms with Crippen molar-refractivity contribution in [3.8, 4) is 6.07 Å². The molecule has 1 aromatic carbocycles. The Kier molecular flexibility index (Phi) is 7.28. The van der Waals surface area contributed by atoms with Gasteiger partial charge in [0.2, 0.25) is 11.9 Å². The van der Waals surface area contributed by atoms with Gasteiger partial charge < -0.3 is 10.6 Å². The number of nitrogens with zero attached hydrogens (tertiary/aromatic N) is 4. The number of alkyl halides is 3. The molecule has 1 aliphatic carbocycles. The molecule has 2 N–H and O–H groups in total. The van der Waals surface area contributed by atoms with Crippen LogP contribution in [0.1, 0.15) is 54.0 Å². The Balaban J connectivity index is 1.63. The van der Waals surface area contributed by atoms with Crippen molar-refractivity contribution in [2.24, 2.45) is 11.8 Å². The molecule has 3 rings (SSSR count). The lowest BCUT2D eigenvalue weighted by Gasteiger charge is -2.28. The summed E-state index contributed by atoms with van der Waals surface area (Å²) in [6.07, 6.45) is -0.855. The Morgan fingerprint density at radius 1 is 1.25 bits per heavy atom. The summed E-state index contributed by atoms with van der Waals surface area (Å²) in [4.78, 5) is 25.6. The van der Waals surface area contributed by atoms with Crippen LogP contribution in [0.2, 0.25) is 0 Å². The first kappa shape index (κ1) is 23.4. The Bertz CT molecular complexity index is 1020. The van der Waals surface area contributed by atoms with Crippen LogP contribution in [0.4, 0.5) is 19.1 Å². The number of halogens is 3. The van der Waals surface area contributed by atoms with E-state index < -0.39 is 11.7 Å². The molecule has 1 saturated carbocycles. The number of amides is 1. The summed E-state index contributed by atoms with van der Waals surface area (Å²) < 4.78 is 40.0. The number of anilines is 1. The van der Waals surface area contributed by atoms with E-state index in [1.54, 1.807) is 20.0 Å². The molecule has 1 aromatic heterocycles. The molecule has 170 valence electrons. The second-order valence-electron chi connectivity index (χ2n) is 8.01. The van der Waals surface area contributed by atoms with Crippen molar-refractivity contribution in [2.45, 2.75) is 51.7 Å². The topological polar surface area (TPSA) is 104 Å². The fraction of sp³-hybridized carbons (Fsp3) is 0.500. The second kappa shape index (κ2) is 9.94. The molecular formula is C22H25F3N6O. The first-order valence-electron chi connectivity index (χ1n) is 10.5. The summed E-state index contributed by atoms with van der Waals surface area (Å²) in [5.41, 5.74) is -1.03. The number of benzene rings is 1. The summed E-state index contributed by atoms with van der Waals surface area (Å²) in [6.45, 7) is 1.56. The van der Waals surface area contributed by atoms with Crippen molar-refractivity contribution < 1.29 is 18.0 Å². The van der Waals surface area contributed by atoms with Crippen molar-refractivity contribution in [2.75, 3.05) is 12.4 Å². The van der Waals surface area contributed by atoms with Gasteiger partial charge in [-0.1, -0.05) is 12.5 Å². The molecule has 0 aliphatic heterocycles. The maximum atomic E-state index is 13.3. The highest BCUT2D eigenvalue weighted by molar-refractivity contribution is 5.78. The normalized spacial score (nSPS) is 18.6. The number of carbonyl (C=O) groups is 1. The van der Waals surface area contributed by atoms with Crippen LogP contribution in [-0.2, 0) is 23.9 Å². The molecule has 7 nitrogen and oxygen atoms in total. The monoisotopic (exact) mass is 446 g/mol. The maximum absolute atomic E-state index is 13.3. The Morgan fingerprint density at radius 3 is 2.72 bits per heavy atom. The van der Waals surface area contributed by atoms with Gasteiger partial charge in [0, 0.05) is 25.9 Å². The molecule has 1 fully saturated rings. The van der Waals surface area contributed by atoms with Gasteiger partial charge in [-0.25, -0.2) is 4.98 Å². The standard InChI is InChI=1S/C22H25F3N6O/c1-13-29-19(31-21(27-2)30-13)10-14-4-3-5-16(8-14)20(32)28-12-17-7-6-15(11-26)9-18(17)22(23,24)25/h6-7,9,14,16H,3-5,8,10,12H2,1-2H3,(H,28,32)(H,27,29,30,31)/t14-,16+/m0/s1. The quantitative estimate of drug-likeness (QED) is 0.700. The van der Waals surface area contributed by atoms with Gasteiger partial charge in [-0.2, -0.15) is 28.4 Å². The molecule has 2 aromatic rings. The number of hydrogen-bond donors (Lipinski definition) is 2. The molecule has 1 amide bonds. The minimum absolute atomic E-state index is 0.0579. The van der Waals surface area contributed by atoms with Gasteiger partial charge in [0.1, 0.15) is 11.6 Å². The molecule has 10 heteroatoms. The number of aromatic nitrogens is 3. The molecule has 1 aliphatic rings. The first-order chi connectivity index (χ1) is 15.2. The number of rotatable bonds is 6. The molecule has 1 heterocycles. The van der Waals surface area contributed by atoms with Gasteiger partial charge in [-0.3, -0.25) is 4.79 Å². The SMILES string of the molecule is CNc1nc(C)nc(C[C@H]2CCC[C@@H](C(=O)NCc3ccc(C#N)cc3C(F)(F)F)C2)n1. The first-order valence-corrected chi connectivity index (χ1v) is 10.5. The lowest BCUT2D eigenvalue weighted by atomic mass is 9.79. The maximum Gasteiger partial charge on any atom is 0.416 e. The number of hydrogen-bond acceptors (Lipinski definition) is 6. The third-order valence-corrected chi connectivity index (χ3v) is 5.64. The molecular weight excluding hydrogens is 421 g/mol. The minimum Gasteiger partial charge on any atom is -0.357 e. The molecule has 0 spiro atoms. The predicted octanol–water partition coefficient (Wildman–Crippen LogP) is 3.78. The largest absolute Gasteiger partial charge is 0.416 e. The Labute approximate surface area is 184 Å². The molecule has 2 atom stereocenters. The average molecular weight is 446 g/mol. The van der Waals surface area contributed by atoms with Gasteiger partial charge in [-0.15, -0.1) is 0 Å². The van der Waals surface area contributed by atoms with E-state index in [0.29, 0.717) is 36.9 Å². The van der Waals surface area contributed by atoms with Crippen molar-refractivity contribution in [3.05, 3.63) is 46.5 Å². The fourth-order valence-electron chi connectivity index (χ4n) is 4.10. The average Bonchev–Trinajstić information content (AvgIpc) is 2.76. The summed E-state index contributed by atoms with van der Waals surface area (Å²) in [7, 11) is 1.73. The summed E-state index contributed by atoms with van der Waals surface area (Å²) in [5.74, 6) is 1.47. The van der Waals surface area contributed by atoms with Crippen molar-refractivity contribution in [1.29, 1.82) is 5.26 Å². The molecule has 32 heavy (non-hydrogen) atoms. The van der Waals surface area contributed by atoms with Crippen molar-refractivity contribution >= 4 is 11.9 Å². The van der Waals surface area contributed by atoms with Crippen molar-refractivity contribution in [3.63, 3.8) is 0 Å². The summed E-state index contributed by atoms with van der Waals surface area (Å²) in [5, 5.41) is 14.4. The predicted molar refractivity (Wildman–Crippen MR) is 111 cm³/mol. The van der Waals surface area contributed by atoms with Crippen LogP contribution in [0.5, 0.6) is 0 Å². The lowest BCUT2D eigenvalue weighted by Crippen LogP contribution is -2.34. The van der Waals surface area contributed by atoms with Gasteiger partial charge >= 0.3 is 6.18 Å². The smallest absolute Gasteiger partial charge is 0.357 e. The van der Waals surface area contributed by atoms with E-state index in [1.807, 2.05) is 0 Å². The Morgan fingerprint density at radius 2 is 2.03 bits per heavy atom. The van der Waals surface area contributed by atoms with E-state index in [2.05, 4.69) is 25.6 Å². The van der Waals surface area contributed by atoms with Crippen molar-refractivity contribution in [1.82, 2.24) is 20.3 Å². The van der Waals surface area contributed by atoms with Gasteiger partial charge in [-0.05, 0) is 49.8 Å². The van der Waals surface area contributed by atoms with Crippen LogP contribution in [0.15, 0.2) is 18.2 Å². The molecule has 0 radical (unpaired) electrons. The van der Waals surface area contributed by atoms with E-state index in [-0.39, 0.29) is 35.4 Å². The number of carbonyl (C=O) groups excluding carboxylic acids is 1. The Hall–Kier alpha value is -3.22. The van der Waals surface area contributed by atoms with E-state index >= 15 is 0 Å². The van der Waals surface area contributed by atoms with Crippen LogP contribution in [0.25, 0.3) is 0 Å². The van der Waals surface area contributed by atoms with Crippen LogP contribution in [-0.4, -0.2) is 27.9 Å². The zero-order valence-corrected chi connectivity index (χ0v) is 18.0. The summed E-state index contributed by atoms with van der Waals surface area (Å²) >= 11 is 0. The van der Waals surface area contributed by atoms with E-state index in [1.165, 1.54) is 12.1 Å². The van der Waals surface area contributed by atoms with E-state index in [4.69, 9.17) is 5.26 Å². The van der Waals surface area contributed by atoms with E-state index in [9.17, 15) is 18.0 Å². The van der Waals surface area contributed by atoms with Crippen LogP contribution < -0.4 is 10.6 Å². The summed E-state index contributed by atoms with van der Waals surface area (Å²) in [6, 6.07) is 5.09. The fourth-order valence-corrected chi connectivity index (χ4v) is 4.10. The van der Waals surface area contributed by atoms with Gasteiger partial charge in [0.15, 0.2) is 0 Å². The van der Waals surface area contributed by atoms with Crippen LogP contribution in [0, 0.1) is 30.1 Å². The zero-order chi connectivity index (χ0) is 23.3. The van der Waals surface area contributed by atoms with Crippen LogP contribution >= 0.6 is 0 Å². The van der Waals surface area contributed by atoms with Crippen LogP contribution in [0.3, 0.4) is 0 Å². The number of nitriles is 1. The number of nitrogens with one attached hydrogen (secondary N) is 2. The zero-order valence-electron chi connectivity index (χ0n) is 18.0. The van der Waals surface area contributed by atoms with Gasteiger partial charge in [0.05, 0.1) is 17.2 Å². The third kappa shape index (κ3) is 5.93. The molecule has 0 saturated heterocycles.